The molecule has 0 spiro atoms. The molecule has 8 aromatic rings. The first kappa shape index (κ1) is 32.6. The third-order valence-corrected chi connectivity index (χ3v) is 9.38. The van der Waals surface area contributed by atoms with Crippen LogP contribution in [-0.2, 0) is 26.2 Å². The lowest BCUT2D eigenvalue weighted by Crippen LogP contribution is -2.36. The Bertz CT molecular complexity index is 2080. The van der Waals surface area contributed by atoms with Crippen LogP contribution in [0.25, 0.3) is 43.6 Å². The number of fused-ring (bicyclic) bond motifs is 4. The van der Waals surface area contributed by atoms with E-state index in [9.17, 15) is 0 Å². The highest BCUT2D eigenvalue weighted by Gasteiger charge is 2.13. The predicted octanol–water partition coefficient (Wildman–Crippen LogP) is 8.17. The number of nitrogens with one attached hydrogen (secondary N) is 1. The Balaban J connectivity index is 0.950. The maximum atomic E-state index is 4.99. The molecular formula is C44H41N7. The lowest BCUT2D eigenvalue weighted by molar-refractivity contribution is 0.235. The van der Waals surface area contributed by atoms with E-state index in [-0.39, 0.29) is 0 Å². The molecule has 8 rings (SSSR count). The van der Waals surface area contributed by atoms with Crippen LogP contribution in [0, 0.1) is 0 Å². The molecule has 0 aliphatic rings. The van der Waals surface area contributed by atoms with E-state index < -0.39 is 0 Å². The largest absolute Gasteiger partial charge is 0.314 e. The molecule has 7 nitrogen and oxygen atoms in total. The molecule has 0 amide bonds. The van der Waals surface area contributed by atoms with Crippen LogP contribution in [0.5, 0.6) is 0 Å². The predicted molar refractivity (Wildman–Crippen MR) is 208 cm³/mol. The van der Waals surface area contributed by atoms with Gasteiger partial charge in [0.2, 0.25) is 0 Å². The van der Waals surface area contributed by atoms with Gasteiger partial charge in [-0.2, -0.15) is 0 Å². The van der Waals surface area contributed by atoms with Crippen molar-refractivity contribution in [1.29, 1.82) is 0 Å². The second-order valence-electron chi connectivity index (χ2n) is 13.2. The quantitative estimate of drug-likeness (QED) is 0.117. The van der Waals surface area contributed by atoms with Crippen LogP contribution in [0.1, 0.15) is 22.8 Å². The van der Waals surface area contributed by atoms with E-state index in [2.05, 4.69) is 161 Å². The summed E-state index contributed by atoms with van der Waals surface area (Å²) in [6, 6.07) is 50.5. The van der Waals surface area contributed by atoms with E-state index >= 15 is 0 Å². The Kier molecular flexibility index (Phi) is 9.92. The second kappa shape index (κ2) is 15.5. The van der Waals surface area contributed by atoms with E-state index in [1.54, 1.807) is 0 Å². The van der Waals surface area contributed by atoms with E-state index in [1.807, 2.05) is 0 Å². The van der Waals surface area contributed by atoms with Gasteiger partial charge in [0, 0.05) is 73.9 Å². The minimum Gasteiger partial charge on any atom is -0.314 e. The summed E-state index contributed by atoms with van der Waals surface area (Å²) >= 11 is 0. The summed E-state index contributed by atoms with van der Waals surface area (Å²) in [7, 11) is 0. The summed E-state index contributed by atoms with van der Waals surface area (Å²) in [6.07, 6.45) is 0. The Morgan fingerprint density at radius 1 is 0.333 bits per heavy atom. The number of aromatic nitrogens is 4. The monoisotopic (exact) mass is 667 g/mol. The lowest BCUT2D eigenvalue weighted by atomic mass is 10.2. The number of hydrogen-bond acceptors (Lipinski definition) is 7. The number of benzene rings is 4. The van der Waals surface area contributed by atoms with Crippen LogP contribution in [0.15, 0.2) is 146 Å². The molecule has 0 unspecified atom stereocenters. The zero-order valence-electron chi connectivity index (χ0n) is 28.7. The first-order valence-electron chi connectivity index (χ1n) is 17.8. The van der Waals surface area contributed by atoms with Crippen molar-refractivity contribution < 1.29 is 0 Å². The van der Waals surface area contributed by atoms with E-state index in [0.29, 0.717) is 0 Å². The molecule has 0 aliphatic carbocycles. The molecule has 4 heterocycles. The number of rotatable bonds is 14. The zero-order valence-corrected chi connectivity index (χ0v) is 28.7. The fourth-order valence-corrected chi connectivity index (χ4v) is 6.73. The number of para-hydroxylation sites is 4. The summed E-state index contributed by atoms with van der Waals surface area (Å²) < 4.78 is 0. The van der Waals surface area contributed by atoms with E-state index in [4.69, 9.17) is 19.9 Å². The van der Waals surface area contributed by atoms with Crippen molar-refractivity contribution in [2.45, 2.75) is 26.2 Å². The van der Waals surface area contributed by atoms with Crippen LogP contribution >= 0.6 is 0 Å². The van der Waals surface area contributed by atoms with Gasteiger partial charge in [0.25, 0.3) is 0 Å². The SMILES string of the molecule is c1ccc2nc(CN(CCNCCN(Cc3ccc4ccccc4n3)Cc3ccc4ccccc4n3)Cc3ccc4ccccc4n3)ccc2c1. The van der Waals surface area contributed by atoms with Crippen molar-refractivity contribution in [3.8, 4) is 0 Å². The lowest BCUT2D eigenvalue weighted by Gasteiger charge is -2.24. The summed E-state index contributed by atoms with van der Waals surface area (Å²) in [4.78, 5) is 24.8. The van der Waals surface area contributed by atoms with Gasteiger partial charge in [-0.15, -0.1) is 0 Å². The Morgan fingerprint density at radius 3 is 0.902 bits per heavy atom. The van der Waals surface area contributed by atoms with Crippen LogP contribution in [0.3, 0.4) is 0 Å². The van der Waals surface area contributed by atoms with Crippen molar-refractivity contribution in [3.05, 3.63) is 168 Å². The molecule has 7 heteroatoms. The molecule has 4 aromatic carbocycles. The molecule has 1 N–H and O–H groups in total. The average molecular weight is 668 g/mol. The van der Waals surface area contributed by atoms with Gasteiger partial charge in [-0.1, -0.05) is 97.1 Å². The van der Waals surface area contributed by atoms with Gasteiger partial charge < -0.3 is 5.32 Å². The molecule has 4 aromatic heterocycles. The third kappa shape index (κ3) is 8.24. The van der Waals surface area contributed by atoms with Crippen LogP contribution in [0.2, 0.25) is 0 Å². The zero-order chi connectivity index (χ0) is 34.2. The average Bonchev–Trinajstić information content (AvgIpc) is 3.17. The molecule has 51 heavy (non-hydrogen) atoms. The standard InChI is InChI=1S/C44H41N7/c1-5-13-41-33(9-1)17-21-37(46-41)29-50(30-38-22-18-34-10-2-6-14-42(34)47-38)27-25-45-26-28-51(31-39-23-19-35-11-3-7-15-43(35)48-39)32-40-24-20-36-12-4-8-16-44(36)49-40/h1-24,45H,25-32H2. The Hall–Kier alpha value is -5.60. The van der Waals surface area contributed by atoms with Gasteiger partial charge in [-0.3, -0.25) is 29.7 Å². The van der Waals surface area contributed by atoms with Crippen molar-refractivity contribution in [2.24, 2.45) is 0 Å². The first-order chi connectivity index (χ1) is 25.2. The molecule has 252 valence electrons. The topological polar surface area (TPSA) is 70.1 Å². The normalized spacial score (nSPS) is 11.8. The third-order valence-electron chi connectivity index (χ3n) is 9.38. The molecule has 0 radical (unpaired) electrons. The van der Waals surface area contributed by atoms with Gasteiger partial charge in [0.05, 0.1) is 44.8 Å². The van der Waals surface area contributed by atoms with Gasteiger partial charge in [0.1, 0.15) is 0 Å². The second-order valence-corrected chi connectivity index (χ2v) is 13.2. The highest BCUT2D eigenvalue weighted by atomic mass is 15.2. The summed E-state index contributed by atoms with van der Waals surface area (Å²) in [5.41, 5.74) is 8.35. The van der Waals surface area contributed by atoms with Gasteiger partial charge in [-0.25, -0.2) is 0 Å². The smallest absolute Gasteiger partial charge is 0.0705 e. The molecule has 0 saturated carbocycles. The summed E-state index contributed by atoms with van der Waals surface area (Å²) in [5, 5.41) is 8.38. The molecule has 0 bridgehead atoms. The van der Waals surface area contributed by atoms with Crippen molar-refractivity contribution in [3.63, 3.8) is 0 Å². The summed E-state index contributed by atoms with van der Waals surface area (Å²) in [6.45, 7) is 6.39. The Morgan fingerprint density at radius 2 is 0.608 bits per heavy atom. The van der Waals surface area contributed by atoms with Crippen molar-refractivity contribution in [1.82, 2.24) is 35.1 Å². The fourth-order valence-electron chi connectivity index (χ4n) is 6.73. The number of hydrogen-bond donors (Lipinski definition) is 1. The van der Waals surface area contributed by atoms with Crippen molar-refractivity contribution in [2.75, 3.05) is 26.2 Å². The maximum absolute atomic E-state index is 4.99. The molecule has 0 fully saturated rings. The van der Waals surface area contributed by atoms with Crippen LogP contribution in [0.4, 0.5) is 0 Å². The molecule has 0 atom stereocenters. The minimum atomic E-state index is 0.744. The van der Waals surface area contributed by atoms with Gasteiger partial charge >= 0.3 is 0 Å². The highest BCUT2D eigenvalue weighted by Crippen LogP contribution is 2.18. The van der Waals surface area contributed by atoms with Crippen molar-refractivity contribution >= 4 is 43.6 Å². The number of nitrogens with zero attached hydrogens (tertiary/aromatic N) is 6. The number of pyridine rings is 4. The van der Waals surface area contributed by atoms with E-state index in [0.717, 1.165) is 119 Å². The fraction of sp³-hybridized carbons (Fsp3) is 0.182. The van der Waals surface area contributed by atoms with Crippen LogP contribution < -0.4 is 5.32 Å². The maximum Gasteiger partial charge on any atom is 0.0705 e. The first-order valence-corrected chi connectivity index (χ1v) is 17.8. The molecular weight excluding hydrogens is 627 g/mol. The minimum absolute atomic E-state index is 0.744. The molecule has 0 saturated heterocycles. The van der Waals surface area contributed by atoms with Gasteiger partial charge in [0.15, 0.2) is 0 Å². The summed E-state index contributed by atoms with van der Waals surface area (Å²) in [5.74, 6) is 0. The Labute approximate surface area is 298 Å². The molecule has 0 aliphatic heterocycles. The van der Waals surface area contributed by atoms with Gasteiger partial charge in [-0.05, 0) is 48.5 Å². The van der Waals surface area contributed by atoms with E-state index in [1.165, 1.54) is 0 Å². The highest BCUT2D eigenvalue weighted by molar-refractivity contribution is 5.80. The van der Waals surface area contributed by atoms with Crippen LogP contribution in [-0.4, -0.2) is 55.9 Å².